The third-order valence-electron chi connectivity index (χ3n) is 4.84. The van der Waals surface area contributed by atoms with Gasteiger partial charge in [0, 0.05) is 11.1 Å². The molecular weight excluding hydrogens is 396 g/mol. The summed E-state index contributed by atoms with van der Waals surface area (Å²) in [7, 11) is 3.15. The van der Waals surface area contributed by atoms with Crippen LogP contribution in [0.4, 0.5) is 5.69 Å². The van der Waals surface area contributed by atoms with Gasteiger partial charge in [-0.2, -0.15) is 0 Å². The second-order valence-corrected chi connectivity index (χ2v) is 6.74. The minimum Gasteiger partial charge on any atom is -0.502 e. The molecule has 0 radical (unpaired) electrons. The molecule has 0 spiro atoms. The predicted octanol–water partition coefficient (Wildman–Crippen LogP) is 4.22. The Bertz CT molecular complexity index is 1320. The zero-order valence-corrected chi connectivity index (χ0v) is 17.0. The van der Waals surface area contributed by atoms with Gasteiger partial charge in [-0.15, -0.1) is 0 Å². The molecule has 0 bridgehead atoms. The van der Waals surface area contributed by atoms with E-state index >= 15 is 0 Å². The number of rotatable bonds is 5. The van der Waals surface area contributed by atoms with Crippen molar-refractivity contribution >= 4 is 22.5 Å². The van der Waals surface area contributed by atoms with E-state index in [9.17, 15) is 9.90 Å². The van der Waals surface area contributed by atoms with E-state index in [1.54, 1.807) is 74.9 Å². The fourth-order valence-corrected chi connectivity index (χ4v) is 3.15. The molecule has 0 aliphatic heterocycles. The molecule has 156 valence electrons. The summed E-state index contributed by atoms with van der Waals surface area (Å²) in [5.41, 5.74) is 7.62. The molecule has 0 aliphatic rings. The van der Waals surface area contributed by atoms with E-state index in [1.165, 1.54) is 6.07 Å². The summed E-state index contributed by atoms with van der Waals surface area (Å²) < 4.78 is 16.1. The first kappa shape index (κ1) is 20.0. The van der Waals surface area contributed by atoms with Crippen LogP contribution in [0.25, 0.3) is 22.3 Å². The first-order valence-corrected chi connectivity index (χ1v) is 9.43. The van der Waals surface area contributed by atoms with E-state index in [0.29, 0.717) is 33.9 Å². The zero-order valence-electron chi connectivity index (χ0n) is 17.0. The molecule has 0 fully saturated rings. The molecule has 4 aromatic rings. The molecule has 3 N–H and O–H groups in total. The van der Waals surface area contributed by atoms with Gasteiger partial charge in [-0.1, -0.05) is 0 Å². The van der Waals surface area contributed by atoms with E-state index in [-0.39, 0.29) is 17.0 Å². The number of amidine groups is 1. The molecule has 0 aliphatic carbocycles. The fourth-order valence-electron chi connectivity index (χ4n) is 3.15. The highest BCUT2D eigenvalue weighted by Crippen LogP contribution is 2.32. The van der Waals surface area contributed by atoms with Gasteiger partial charge in [0.2, 0.25) is 11.2 Å². The Hall–Kier alpha value is -4.26. The summed E-state index contributed by atoms with van der Waals surface area (Å²) in [5, 5.41) is 10.7. The van der Waals surface area contributed by atoms with Crippen LogP contribution in [0.3, 0.4) is 0 Å². The number of aliphatic imine (C=N–C) groups is 1. The number of benzene rings is 3. The maximum absolute atomic E-state index is 12.8. The summed E-state index contributed by atoms with van der Waals surface area (Å²) in [4.78, 5) is 17.2. The fraction of sp³-hybridized carbons (Fsp3) is 0.0833. The van der Waals surface area contributed by atoms with Crippen molar-refractivity contribution in [2.45, 2.75) is 0 Å². The molecule has 0 amide bonds. The monoisotopic (exact) mass is 416 g/mol. The Morgan fingerprint density at radius 2 is 1.55 bits per heavy atom. The van der Waals surface area contributed by atoms with Crippen LogP contribution >= 0.6 is 0 Å². The van der Waals surface area contributed by atoms with Crippen LogP contribution in [0, 0.1) is 0 Å². The number of hydrogen-bond donors (Lipinski definition) is 2. The van der Waals surface area contributed by atoms with Gasteiger partial charge in [-0.3, -0.25) is 4.79 Å². The lowest BCUT2D eigenvalue weighted by atomic mass is 10.1. The number of nitrogens with zero attached hydrogens (tertiary/aromatic N) is 1. The number of methoxy groups -OCH3 is 2. The van der Waals surface area contributed by atoms with Gasteiger partial charge in [-0.25, -0.2) is 4.99 Å². The molecule has 31 heavy (non-hydrogen) atoms. The van der Waals surface area contributed by atoms with Crippen LogP contribution in [-0.2, 0) is 0 Å². The molecule has 0 atom stereocenters. The molecule has 0 saturated heterocycles. The Balaban J connectivity index is 1.73. The van der Waals surface area contributed by atoms with Gasteiger partial charge in [0.1, 0.15) is 22.9 Å². The van der Waals surface area contributed by atoms with Crippen molar-refractivity contribution in [3.05, 3.63) is 82.5 Å². The van der Waals surface area contributed by atoms with E-state index in [4.69, 9.17) is 19.6 Å². The summed E-state index contributed by atoms with van der Waals surface area (Å²) in [6.45, 7) is 0. The Morgan fingerprint density at radius 3 is 2.16 bits per heavy atom. The molecule has 0 unspecified atom stereocenters. The summed E-state index contributed by atoms with van der Waals surface area (Å²) in [5.74, 6) is 1.27. The van der Waals surface area contributed by atoms with Crippen molar-refractivity contribution in [1.82, 2.24) is 0 Å². The maximum Gasteiger partial charge on any atom is 0.235 e. The Kier molecular flexibility index (Phi) is 5.32. The Labute approximate surface area is 178 Å². The Morgan fingerprint density at radius 1 is 0.935 bits per heavy atom. The number of nitrogens with two attached hydrogens (primary N) is 1. The second-order valence-electron chi connectivity index (χ2n) is 6.74. The maximum atomic E-state index is 12.8. The molecule has 4 rings (SSSR count). The lowest BCUT2D eigenvalue weighted by Gasteiger charge is -2.08. The normalized spacial score (nSPS) is 11.5. The largest absolute Gasteiger partial charge is 0.502 e. The highest BCUT2D eigenvalue weighted by Gasteiger charge is 2.16. The first-order valence-electron chi connectivity index (χ1n) is 9.43. The number of fused-ring (bicyclic) bond motifs is 1. The molecular formula is C24H20N2O5. The van der Waals surface area contributed by atoms with Crippen LogP contribution in [0.5, 0.6) is 17.2 Å². The van der Waals surface area contributed by atoms with Crippen molar-refractivity contribution in [3.63, 3.8) is 0 Å². The molecule has 7 heteroatoms. The quantitative estimate of drug-likeness (QED) is 0.373. The van der Waals surface area contributed by atoms with Gasteiger partial charge in [0.05, 0.1) is 25.3 Å². The van der Waals surface area contributed by atoms with Gasteiger partial charge in [-0.05, 0) is 66.7 Å². The van der Waals surface area contributed by atoms with Crippen LogP contribution in [0.2, 0.25) is 0 Å². The van der Waals surface area contributed by atoms with Crippen LogP contribution in [-0.4, -0.2) is 25.2 Å². The average Bonchev–Trinajstić information content (AvgIpc) is 2.81. The van der Waals surface area contributed by atoms with Gasteiger partial charge in [0.15, 0.2) is 5.76 Å². The smallest absolute Gasteiger partial charge is 0.235 e. The van der Waals surface area contributed by atoms with Crippen LogP contribution < -0.4 is 20.6 Å². The van der Waals surface area contributed by atoms with Gasteiger partial charge >= 0.3 is 0 Å². The number of aromatic hydroxyl groups is 1. The first-order chi connectivity index (χ1) is 15.0. The minimum atomic E-state index is -0.549. The topological polar surface area (TPSA) is 107 Å². The molecule has 3 aromatic carbocycles. The van der Waals surface area contributed by atoms with E-state index in [2.05, 4.69) is 4.99 Å². The van der Waals surface area contributed by atoms with Crippen molar-refractivity contribution in [1.29, 1.82) is 0 Å². The summed E-state index contributed by atoms with van der Waals surface area (Å²) in [6.07, 6.45) is 0. The van der Waals surface area contributed by atoms with Crippen LogP contribution in [0.1, 0.15) is 5.56 Å². The molecule has 1 heterocycles. The third kappa shape index (κ3) is 3.93. The second kappa shape index (κ2) is 8.23. The summed E-state index contributed by atoms with van der Waals surface area (Å²) in [6, 6.07) is 18.9. The molecule has 7 nitrogen and oxygen atoms in total. The zero-order chi connectivity index (χ0) is 22.0. The lowest BCUT2D eigenvalue weighted by molar-refractivity contribution is 0.414. The van der Waals surface area contributed by atoms with Crippen LogP contribution in [0.15, 0.2) is 80.9 Å². The predicted molar refractivity (Wildman–Crippen MR) is 120 cm³/mol. The van der Waals surface area contributed by atoms with Crippen molar-refractivity contribution in [3.8, 4) is 28.6 Å². The lowest BCUT2D eigenvalue weighted by Crippen LogP contribution is -2.12. The van der Waals surface area contributed by atoms with Gasteiger partial charge in [0.25, 0.3) is 0 Å². The minimum absolute atomic E-state index is 0.0918. The highest BCUT2D eigenvalue weighted by molar-refractivity contribution is 5.99. The number of hydrogen-bond acceptors (Lipinski definition) is 6. The molecule has 0 saturated carbocycles. The third-order valence-corrected chi connectivity index (χ3v) is 4.84. The standard InChI is InChI=1S/C24H20N2O5/c1-29-17-8-3-14(4-9-17)23-22(28)21(27)19-13-16(7-12-20(19)31-23)26-24(25)15-5-10-18(30-2)11-6-15/h3-13,28H,1-2H3,(H2,25,26). The SMILES string of the molecule is COc1ccc(C(N)=Nc2ccc3oc(-c4ccc(OC)cc4)c(O)c(=O)c3c2)cc1. The van der Waals surface area contributed by atoms with Crippen molar-refractivity contribution < 1.29 is 19.0 Å². The van der Waals surface area contributed by atoms with Crippen molar-refractivity contribution in [2.75, 3.05) is 14.2 Å². The van der Waals surface area contributed by atoms with E-state index < -0.39 is 11.2 Å². The van der Waals surface area contributed by atoms with E-state index in [0.717, 1.165) is 0 Å². The average molecular weight is 416 g/mol. The van der Waals surface area contributed by atoms with Gasteiger partial charge < -0.3 is 24.7 Å². The summed E-state index contributed by atoms with van der Waals surface area (Å²) >= 11 is 0. The van der Waals surface area contributed by atoms with E-state index in [1.807, 2.05) is 0 Å². The highest BCUT2D eigenvalue weighted by atomic mass is 16.5. The number of ether oxygens (including phenoxy) is 2. The molecule has 1 aromatic heterocycles. The van der Waals surface area contributed by atoms with Crippen molar-refractivity contribution in [2.24, 2.45) is 10.7 Å².